The Morgan fingerprint density at radius 2 is 2.20 bits per heavy atom. The molecule has 0 bridgehead atoms. The van der Waals surface area contributed by atoms with Crippen molar-refractivity contribution in [2.24, 2.45) is 0 Å². The molecule has 6 heteroatoms. The van der Waals surface area contributed by atoms with E-state index < -0.39 is 5.97 Å². The van der Waals surface area contributed by atoms with Crippen molar-refractivity contribution >= 4 is 17.0 Å². The van der Waals surface area contributed by atoms with Gasteiger partial charge in [-0.3, -0.25) is 0 Å². The highest BCUT2D eigenvalue weighted by atomic mass is 16.5. The van der Waals surface area contributed by atoms with Crippen molar-refractivity contribution in [2.75, 3.05) is 6.61 Å². The topological polar surface area (TPSA) is 77.2 Å². The predicted molar refractivity (Wildman–Crippen MR) is 50.7 cm³/mol. The number of hydrogen-bond donors (Lipinski definition) is 1. The molecule has 0 aliphatic heterocycles. The quantitative estimate of drug-likeness (QED) is 0.583. The molecule has 0 saturated heterocycles. The van der Waals surface area contributed by atoms with Gasteiger partial charge in [-0.15, -0.1) is 10.2 Å². The lowest BCUT2D eigenvalue weighted by molar-refractivity contribution is 0.0526. The largest absolute Gasteiger partial charge is 0.462 e. The highest BCUT2D eigenvalue weighted by molar-refractivity contribution is 5.93. The fraction of sp³-hybridized carbons (Fsp3) is 0.222. The Labute approximate surface area is 85.0 Å². The average Bonchev–Trinajstić information content (AvgIpc) is 2.57. The van der Waals surface area contributed by atoms with E-state index in [4.69, 9.17) is 9.94 Å². The minimum atomic E-state index is -0.410. The number of hydrogen-bond acceptors (Lipinski definition) is 5. The first-order valence-electron chi connectivity index (χ1n) is 4.44. The molecule has 1 aromatic carbocycles. The van der Waals surface area contributed by atoms with Gasteiger partial charge in [-0.2, -0.15) is 0 Å². The molecule has 0 unspecified atom stereocenters. The molecule has 0 aliphatic carbocycles. The lowest BCUT2D eigenvalue weighted by atomic mass is 10.2. The number of benzene rings is 1. The van der Waals surface area contributed by atoms with E-state index in [1.54, 1.807) is 19.1 Å². The van der Waals surface area contributed by atoms with Gasteiger partial charge in [0.05, 0.1) is 12.2 Å². The second-order valence-electron chi connectivity index (χ2n) is 2.89. The molecule has 2 rings (SSSR count). The van der Waals surface area contributed by atoms with Crippen molar-refractivity contribution in [3.8, 4) is 0 Å². The smallest absolute Gasteiger partial charge is 0.338 e. The first-order valence-corrected chi connectivity index (χ1v) is 4.44. The minimum absolute atomic E-state index is 0.323. The number of carbonyl (C=O) groups excluding carboxylic acids is 1. The van der Waals surface area contributed by atoms with E-state index in [-0.39, 0.29) is 0 Å². The van der Waals surface area contributed by atoms with Crippen molar-refractivity contribution in [1.82, 2.24) is 15.2 Å². The molecule has 0 amide bonds. The Morgan fingerprint density at radius 1 is 1.47 bits per heavy atom. The predicted octanol–water partition coefficient (Wildman–Crippen LogP) is 0.845. The number of fused-ring (bicyclic) bond motifs is 1. The fourth-order valence-corrected chi connectivity index (χ4v) is 1.24. The molecule has 0 atom stereocenters. The summed E-state index contributed by atoms with van der Waals surface area (Å²) >= 11 is 0. The van der Waals surface area contributed by atoms with Gasteiger partial charge in [-0.05, 0) is 30.1 Å². The van der Waals surface area contributed by atoms with Gasteiger partial charge in [-0.1, -0.05) is 0 Å². The highest BCUT2D eigenvalue weighted by Crippen LogP contribution is 2.12. The summed E-state index contributed by atoms with van der Waals surface area (Å²) in [4.78, 5) is 11.8. The molecule has 0 spiro atoms. The van der Waals surface area contributed by atoms with E-state index in [0.717, 1.165) is 0 Å². The van der Waals surface area contributed by atoms with Gasteiger partial charge in [0.2, 0.25) is 0 Å². The maximum atomic E-state index is 11.4. The number of carbonyl (C=O) groups is 1. The Kier molecular flexibility index (Phi) is 2.24. The number of nitrogens with zero attached hydrogens (tertiary/aromatic N) is 3. The maximum Gasteiger partial charge on any atom is 0.338 e. The SMILES string of the molecule is CCOC(=O)c1ccc2nn(O)nc2c1. The van der Waals surface area contributed by atoms with E-state index >= 15 is 0 Å². The van der Waals surface area contributed by atoms with Gasteiger partial charge >= 0.3 is 5.97 Å². The van der Waals surface area contributed by atoms with Crippen LogP contribution >= 0.6 is 0 Å². The van der Waals surface area contributed by atoms with Crippen molar-refractivity contribution in [3.63, 3.8) is 0 Å². The summed E-state index contributed by atoms with van der Waals surface area (Å²) in [6.07, 6.45) is 0. The van der Waals surface area contributed by atoms with Crippen LogP contribution in [-0.4, -0.2) is 32.9 Å². The summed E-state index contributed by atoms with van der Waals surface area (Å²) in [7, 11) is 0. The molecule has 0 saturated carbocycles. The molecule has 1 N–H and O–H groups in total. The van der Waals surface area contributed by atoms with Crippen LogP contribution in [0.3, 0.4) is 0 Å². The molecule has 15 heavy (non-hydrogen) atoms. The number of ether oxygens (including phenoxy) is 1. The molecule has 1 aromatic heterocycles. The first-order chi connectivity index (χ1) is 7.20. The van der Waals surface area contributed by atoms with E-state index in [9.17, 15) is 4.79 Å². The van der Waals surface area contributed by atoms with Crippen molar-refractivity contribution < 1.29 is 14.7 Å². The monoisotopic (exact) mass is 207 g/mol. The van der Waals surface area contributed by atoms with Crippen LogP contribution in [-0.2, 0) is 4.74 Å². The van der Waals surface area contributed by atoms with Gasteiger partial charge < -0.3 is 9.94 Å². The van der Waals surface area contributed by atoms with Crippen molar-refractivity contribution in [1.29, 1.82) is 0 Å². The van der Waals surface area contributed by atoms with E-state index in [1.807, 2.05) is 0 Å². The summed E-state index contributed by atoms with van der Waals surface area (Å²) in [5.74, 6) is -0.410. The zero-order chi connectivity index (χ0) is 10.8. The Balaban J connectivity index is 2.41. The average molecular weight is 207 g/mol. The van der Waals surface area contributed by atoms with Crippen molar-refractivity contribution in [2.45, 2.75) is 6.92 Å². The standard InChI is InChI=1S/C9H9N3O3/c1-2-15-9(13)6-3-4-7-8(5-6)11-12(14)10-7/h3-5,14H,2H2,1H3. The molecule has 0 radical (unpaired) electrons. The normalized spacial score (nSPS) is 10.5. The van der Waals surface area contributed by atoms with Crippen LogP contribution in [0.25, 0.3) is 11.0 Å². The summed E-state index contributed by atoms with van der Waals surface area (Å²) < 4.78 is 4.83. The van der Waals surface area contributed by atoms with Crippen LogP contribution < -0.4 is 0 Å². The fourth-order valence-electron chi connectivity index (χ4n) is 1.24. The molecule has 2 aromatic rings. The Bertz CT molecular complexity index is 506. The van der Waals surface area contributed by atoms with Gasteiger partial charge in [0.15, 0.2) is 0 Å². The van der Waals surface area contributed by atoms with Gasteiger partial charge in [0.1, 0.15) is 11.0 Å². The molecular formula is C9H9N3O3. The van der Waals surface area contributed by atoms with Gasteiger partial charge in [0.25, 0.3) is 0 Å². The van der Waals surface area contributed by atoms with Crippen LogP contribution in [0.2, 0.25) is 0 Å². The number of rotatable bonds is 2. The number of esters is 1. The summed E-state index contributed by atoms with van der Waals surface area (Å²) in [5.41, 5.74) is 1.36. The third-order valence-corrected chi connectivity index (χ3v) is 1.88. The Hall–Kier alpha value is -2.11. The molecule has 0 aliphatic rings. The van der Waals surface area contributed by atoms with Crippen LogP contribution in [0.5, 0.6) is 0 Å². The molecule has 0 fully saturated rings. The minimum Gasteiger partial charge on any atom is -0.462 e. The van der Waals surface area contributed by atoms with E-state index in [2.05, 4.69) is 10.2 Å². The maximum absolute atomic E-state index is 11.4. The van der Waals surface area contributed by atoms with Crippen LogP contribution in [0.4, 0.5) is 0 Å². The second-order valence-corrected chi connectivity index (χ2v) is 2.89. The van der Waals surface area contributed by atoms with Crippen LogP contribution in [0, 0.1) is 0 Å². The molecule has 78 valence electrons. The van der Waals surface area contributed by atoms with E-state index in [0.29, 0.717) is 28.2 Å². The zero-order valence-electron chi connectivity index (χ0n) is 8.04. The summed E-state index contributed by atoms with van der Waals surface area (Å²) in [5, 5.41) is 16.3. The van der Waals surface area contributed by atoms with Crippen LogP contribution in [0.15, 0.2) is 18.2 Å². The lowest BCUT2D eigenvalue weighted by Crippen LogP contribution is -2.04. The highest BCUT2D eigenvalue weighted by Gasteiger charge is 2.09. The zero-order valence-corrected chi connectivity index (χ0v) is 8.04. The molecule has 1 heterocycles. The number of aromatic nitrogens is 3. The third kappa shape index (κ3) is 1.74. The van der Waals surface area contributed by atoms with E-state index in [1.165, 1.54) is 6.07 Å². The molecular weight excluding hydrogens is 198 g/mol. The van der Waals surface area contributed by atoms with Gasteiger partial charge in [0, 0.05) is 0 Å². The lowest BCUT2D eigenvalue weighted by Gasteiger charge is -1.99. The third-order valence-electron chi connectivity index (χ3n) is 1.88. The van der Waals surface area contributed by atoms with Gasteiger partial charge in [-0.25, -0.2) is 4.79 Å². The molecule has 6 nitrogen and oxygen atoms in total. The summed E-state index contributed by atoms with van der Waals surface area (Å²) in [6.45, 7) is 2.06. The summed E-state index contributed by atoms with van der Waals surface area (Å²) in [6, 6.07) is 4.70. The second kappa shape index (κ2) is 3.56. The van der Waals surface area contributed by atoms with Crippen LogP contribution in [0.1, 0.15) is 17.3 Å². The van der Waals surface area contributed by atoms with Crippen molar-refractivity contribution in [3.05, 3.63) is 23.8 Å². The Morgan fingerprint density at radius 3 is 2.93 bits per heavy atom. The first kappa shape index (κ1) is 9.45.